The van der Waals surface area contributed by atoms with Gasteiger partial charge in [-0.1, -0.05) is 20.3 Å². The van der Waals surface area contributed by atoms with Crippen molar-refractivity contribution in [1.82, 2.24) is 10.2 Å². The lowest BCUT2D eigenvalue weighted by Crippen LogP contribution is -2.52. The minimum Gasteiger partial charge on any atom is -0.307 e. The number of piperidine rings is 1. The molecule has 17 heavy (non-hydrogen) atoms. The number of rotatable bonds is 6. The van der Waals surface area contributed by atoms with Crippen LogP contribution in [0, 0.1) is 5.92 Å². The van der Waals surface area contributed by atoms with E-state index in [1.807, 2.05) is 0 Å². The van der Waals surface area contributed by atoms with E-state index in [1.165, 1.54) is 0 Å². The summed E-state index contributed by atoms with van der Waals surface area (Å²) in [5, 5.41) is 3.00. The molecule has 0 spiro atoms. The van der Waals surface area contributed by atoms with Crippen molar-refractivity contribution in [2.45, 2.75) is 58.5 Å². The third kappa shape index (κ3) is 4.88. The van der Waals surface area contributed by atoms with Gasteiger partial charge in [-0.25, -0.2) is 8.78 Å². The SMILES string of the molecule is CCC1CC(NCC(F)F)CN(C(C)CC)C1. The Labute approximate surface area is 104 Å². The fraction of sp³-hybridized carbons (Fsp3) is 1.00. The molecule has 0 aromatic heterocycles. The molecule has 0 aliphatic carbocycles. The largest absolute Gasteiger partial charge is 0.307 e. The van der Waals surface area contributed by atoms with E-state index in [2.05, 4.69) is 31.0 Å². The maximum Gasteiger partial charge on any atom is 0.250 e. The van der Waals surface area contributed by atoms with E-state index >= 15 is 0 Å². The van der Waals surface area contributed by atoms with Crippen molar-refractivity contribution in [3.05, 3.63) is 0 Å². The number of alkyl halides is 2. The third-order valence-corrected chi connectivity index (χ3v) is 3.92. The molecule has 3 unspecified atom stereocenters. The van der Waals surface area contributed by atoms with E-state index in [1.54, 1.807) is 0 Å². The van der Waals surface area contributed by atoms with Crippen molar-refractivity contribution in [1.29, 1.82) is 0 Å². The molecule has 1 saturated heterocycles. The van der Waals surface area contributed by atoms with Crippen molar-refractivity contribution in [3.63, 3.8) is 0 Å². The molecule has 1 heterocycles. The standard InChI is InChI=1S/C13H26F2N2/c1-4-10(3)17-8-11(5-2)6-12(9-17)16-7-13(14)15/h10-13,16H,4-9H2,1-3H3. The smallest absolute Gasteiger partial charge is 0.250 e. The first-order chi connectivity index (χ1) is 8.06. The van der Waals surface area contributed by atoms with Gasteiger partial charge in [-0.05, 0) is 25.7 Å². The van der Waals surface area contributed by atoms with Crippen molar-refractivity contribution < 1.29 is 8.78 Å². The van der Waals surface area contributed by atoms with Crippen LogP contribution in [0.15, 0.2) is 0 Å². The molecule has 0 aromatic carbocycles. The summed E-state index contributed by atoms with van der Waals surface area (Å²) < 4.78 is 24.4. The molecule has 0 radical (unpaired) electrons. The van der Waals surface area contributed by atoms with Crippen molar-refractivity contribution >= 4 is 0 Å². The van der Waals surface area contributed by atoms with Crippen molar-refractivity contribution in [2.75, 3.05) is 19.6 Å². The average molecular weight is 248 g/mol. The van der Waals surface area contributed by atoms with Crippen LogP contribution in [-0.4, -0.2) is 43.0 Å². The molecule has 1 aliphatic heterocycles. The zero-order valence-corrected chi connectivity index (χ0v) is 11.3. The quantitative estimate of drug-likeness (QED) is 0.777. The predicted octanol–water partition coefficient (Wildman–Crippen LogP) is 2.74. The van der Waals surface area contributed by atoms with E-state index in [-0.39, 0.29) is 12.6 Å². The predicted molar refractivity (Wildman–Crippen MR) is 67.5 cm³/mol. The Balaban J connectivity index is 2.48. The van der Waals surface area contributed by atoms with Crippen LogP contribution in [0.1, 0.15) is 40.0 Å². The number of nitrogens with one attached hydrogen (secondary N) is 1. The second kappa shape index (κ2) is 7.27. The van der Waals surface area contributed by atoms with Crippen LogP contribution in [0.4, 0.5) is 8.78 Å². The average Bonchev–Trinajstić information content (AvgIpc) is 2.34. The minimum atomic E-state index is -2.24. The van der Waals surface area contributed by atoms with Crippen LogP contribution in [0.3, 0.4) is 0 Å². The lowest BCUT2D eigenvalue weighted by atomic mass is 9.91. The van der Waals surface area contributed by atoms with Crippen LogP contribution in [0.25, 0.3) is 0 Å². The first kappa shape index (κ1) is 14.8. The summed E-state index contributed by atoms with van der Waals surface area (Å²) in [6, 6.07) is 0.789. The summed E-state index contributed by atoms with van der Waals surface area (Å²) in [4.78, 5) is 2.45. The van der Waals surface area contributed by atoms with Crippen LogP contribution in [-0.2, 0) is 0 Å². The van der Waals surface area contributed by atoms with Crippen LogP contribution in [0.5, 0.6) is 0 Å². The topological polar surface area (TPSA) is 15.3 Å². The molecule has 0 amide bonds. The van der Waals surface area contributed by atoms with Crippen molar-refractivity contribution in [3.8, 4) is 0 Å². The Morgan fingerprint density at radius 3 is 2.53 bits per heavy atom. The molecule has 3 atom stereocenters. The molecule has 1 rings (SSSR count). The Morgan fingerprint density at radius 1 is 1.29 bits per heavy atom. The molecule has 4 heteroatoms. The summed E-state index contributed by atoms with van der Waals surface area (Å²) in [6.45, 7) is 8.46. The first-order valence-corrected chi connectivity index (χ1v) is 6.82. The highest BCUT2D eigenvalue weighted by molar-refractivity contribution is 4.85. The second-order valence-corrected chi connectivity index (χ2v) is 5.22. The maximum absolute atomic E-state index is 12.2. The highest BCUT2D eigenvalue weighted by atomic mass is 19.3. The molecule has 0 bridgehead atoms. The second-order valence-electron chi connectivity index (χ2n) is 5.22. The third-order valence-electron chi connectivity index (χ3n) is 3.92. The zero-order valence-electron chi connectivity index (χ0n) is 11.3. The van der Waals surface area contributed by atoms with Gasteiger partial charge in [-0.15, -0.1) is 0 Å². The molecule has 0 saturated carbocycles. The summed E-state index contributed by atoms with van der Waals surface area (Å²) >= 11 is 0. The van der Waals surface area contributed by atoms with Gasteiger partial charge >= 0.3 is 0 Å². The number of likely N-dealkylation sites (tertiary alicyclic amines) is 1. The molecule has 0 aromatic rings. The normalized spacial score (nSPS) is 28.6. The number of halogens is 2. The Kier molecular flexibility index (Phi) is 6.34. The van der Waals surface area contributed by atoms with Crippen LogP contribution in [0.2, 0.25) is 0 Å². The van der Waals surface area contributed by atoms with Gasteiger partial charge in [0, 0.05) is 25.2 Å². The van der Waals surface area contributed by atoms with Gasteiger partial charge in [0.05, 0.1) is 6.54 Å². The van der Waals surface area contributed by atoms with E-state index < -0.39 is 6.43 Å². The molecular formula is C13H26F2N2. The fourth-order valence-electron chi connectivity index (χ4n) is 2.56. The fourth-order valence-corrected chi connectivity index (χ4v) is 2.56. The highest BCUT2D eigenvalue weighted by Crippen LogP contribution is 2.22. The van der Waals surface area contributed by atoms with Gasteiger partial charge < -0.3 is 5.32 Å². The molecule has 1 aliphatic rings. The molecule has 1 fully saturated rings. The van der Waals surface area contributed by atoms with Gasteiger partial charge in [0.2, 0.25) is 0 Å². The van der Waals surface area contributed by atoms with Gasteiger partial charge in [0.1, 0.15) is 0 Å². The summed E-state index contributed by atoms with van der Waals surface area (Å²) in [5.74, 6) is 0.646. The molecule has 1 N–H and O–H groups in total. The van der Waals surface area contributed by atoms with Gasteiger partial charge in [-0.2, -0.15) is 0 Å². The number of hydrogen-bond donors (Lipinski definition) is 1. The Bertz CT molecular complexity index is 212. The lowest BCUT2D eigenvalue weighted by molar-refractivity contribution is 0.0854. The van der Waals surface area contributed by atoms with Crippen molar-refractivity contribution in [2.24, 2.45) is 5.92 Å². The molecule has 102 valence electrons. The van der Waals surface area contributed by atoms with E-state index in [9.17, 15) is 8.78 Å². The highest BCUT2D eigenvalue weighted by Gasteiger charge is 2.28. The summed E-state index contributed by atoms with van der Waals surface area (Å²) in [7, 11) is 0. The van der Waals surface area contributed by atoms with Gasteiger partial charge in [-0.3, -0.25) is 4.90 Å². The van der Waals surface area contributed by atoms with Gasteiger partial charge in [0.15, 0.2) is 0 Å². The number of hydrogen-bond acceptors (Lipinski definition) is 2. The lowest BCUT2D eigenvalue weighted by Gasteiger charge is -2.41. The van der Waals surface area contributed by atoms with Crippen LogP contribution >= 0.6 is 0 Å². The summed E-state index contributed by atoms with van der Waals surface area (Å²) in [5.41, 5.74) is 0. The van der Waals surface area contributed by atoms with E-state index in [0.717, 1.165) is 32.4 Å². The first-order valence-electron chi connectivity index (χ1n) is 6.82. The van der Waals surface area contributed by atoms with Crippen LogP contribution < -0.4 is 5.32 Å². The van der Waals surface area contributed by atoms with E-state index in [0.29, 0.717) is 12.0 Å². The molecular weight excluding hydrogens is 222 g/mol. The van der Waals surface area contributed by atoms with Gasteiger partial charge in [0.25, 0.3) is 6.43 Å². The Hall–Kier alpha value is -0.220. The monoisotopic (exact) mass is 248 g/mol. The molecule has 2 nitrogen and oxygen atoms in total. The number of nitrogens with zero attached hydrogens (tertiary/aromatic N) is 1. The van der Waals surface area contributed by atoms with E-state index in [4.69, 9.17) is 0 Å². The maximum atomic E-state index is 12.2. The summed E-state index contributed by atoms with van der Waals surface area (Å²) in [6.07, 6.45) is 1.06. The minimum absolute atomic E-state index is 0.171. The Morgan fingerprint density at radius 2 is 2.00 bits per heavy atom. The zero-order chi connectivity index (χ0) is 12.8.